The third kappa shape index (κ3) is 37.6. The molecule has 0 aromatic heterocycles. The SMILES string of the molecule is CSC[C@H](NC(=O)CCC(=O)[C@H](CC(C)C)NC(=O)[C@@H]1CCCN1C)C(=O)C[C@@H](C)C(=O)NCC(=O)CCCOCC(=O)C[C@H](CCC(=O)O)C(=O)N[C@H](CCC(=O)O)C(=O)C[C@H](CCC(=O)O)C(=O)N[C@H](CCC(=O)O)C(=O)C[C@H](CCC(=O)O)C(=O)N[C@H](CCCCN)C(N)=O. The maximum Gasteiger partial charge on any atom is 0.303 e. The number of likely N-dealkylation sites (N-methyl/N-ethyl adjacent to an activating group) is 1. The van der Waals surface area contributed by atoms with Gasteiger partial charge in [-0.25, -0.2) is 0 Å². The van der Waals surface area contributed by atoms with Gasteiger partial charge in [0.25, 0.3) is 0 Å². The van der Waals surface area contributed by atoms with Crippen molar-refractivity contribution in [1.29, 1.82) is 0 Å². The van der Waals surface area contributed by atoms with E-state index in [4.69, 9.17) is 16.2 Å². The topological polar surface area (TPSA) is 545 Å². The highest BCUT2D eigenvalue weighted by Crippen LogP contribution is 2.23. The van der Waals surface area contributed by atoms with Gasteiger partial charge in [-0.2, -0.15) is 11.8 Å². The van der Waals surface area contributed by atoms with Crippen LogP contribution in [0.15, 0.2) is 0 Å². The number of carboxylic acids is 5. The van der Waals surface area contributed by atoms with Gasteiger partial charge in [0.05, 0.1) is 36.8 Å². The van der Waals surface area contributed by atoms with E-state index in [0.717, 1.165) is 13.0 Å². The molecule has 10 atom stereocenters. The van der Waals surface area contributed by atoms with Crippen LogP contribution in [-0.2, 0) is 91.0 Å². The van der Waals surface area contributed by atoms with E-state index in [1.54, 1.807) is 6.26 Å². The van der Waals surface area contributed by atoms with Crippen molar-refractivity contribution < 1.29 is 117 Å². The van der Waals surface area contributed by atoms with Crippen molar-refractivity contribution in [3.05, 3.63) is 0 Å². The van der Waals surface area contributed by atoms with Crippen LogP contribution in [0.2, 0.25) is 0 Å². The van der Waals surface area contributed by atoms with E-state index in [0.29, 0.717) is 25.7 Å². The summed E-state index contributed by atoms with van der Waals surface area (Å²) < 4.78 is 5.41. The van der Waals surface area contributed by atoms with Gasteiger partial charge in [-0.15, -0.1) is 0 Å². The lowest BCUT2D eigenvalue weighted by atomic mass is 9.89. The lowest BCUT2D eigenvalue weighted by Crippen LogP contribution is -2.49. The lowest BCUT2D eigenvalue weighted by molar-refractivity contribution is -0.141. The molecule has 7 amide bonds. The van der Waals surface area contributed by atoms with E-state index < -0.39 is 245 Å². The zero-order valence-electron chi connectivity index (χ0n) is 56.6. The van der Waals surface area contributed by atoms with Gasteiger partial charge in [0.2, 0.25) is 41.4 Å². The van der Waals surface area contributed by atoms with Gasteiger partial charge in [0.1, 0.15) is 12.6 Å². The van der Waals surface area contributed by atoms with Crippen LogP contribution in [0.1, 0.15) is 175 Å². The molecule has 1 aliphatic heterocycles. The molecule has 0 saturated carbocycles. The first-order valence-electron chi connectivity index (χ1n) is 32.9. The average Bonchev–Trinajstić information content (AvgIpc) is 1.33. The molecule has 0 bridgehead atoms. The van der Waals surface area contributed by atoms with Crippen LogP contribution in [0.4, 0.5) is 0 Å². The fraction of sp³-hybridized carbons (Fsp3) is 0.719. The number of carbonyl (C=O) groups is 18. The molecule has 33 nitrogen and oxygen atoms in total. The Morgan fingerprint density at radius 2 is 0.990 bits per heavy atom. The molecule has 1 aliphatic rings. The summed E-state index contributed by atoms with van der Waals surface area (Å²) in [6.07, 6.45) is -5.33. The molecular formula is C64H101N9O24S. The van der Waals surface area contributed by atoms with Crippen molar-refractivity contribution in [3.63, 3.8) is 0 Å². The van der Waals surface area contributed by atoms with Crippen LogP contribution in [0.3, 0.4) is 0 Å². The number of Topliss-reactive ketones (excluding diaryl/α,β-unsaturated/α-hetero) is 6. The molecule has 0 spiro atoms. The molecule has 15 N–H and O–H groups in total. The second-order valence-electron chi connectivity index (χ2n) is 25.1. The Labute approximate surface area is 573 Å². The first kappa shape index (κ1) is 87.9. The minimum Gasteiger partial charge on any atom is -0.481 e. The maximum atomic E-state index is 14.1. The summed E-state index contributed by atoms with van der Waals surface area (Å²) in [4.78, 5) is 233. The lowest BCUT2D eigenvalue weighted by Gasteiger charge is -2.25. The van der Waals surface area contributed by atoms with Crippen LogP contribution >= 0.6 is 11.8 Å². The molecule has 98 heavy (non-hydrogen) atoms. The second-order valence-corrected chi connectivity index (χ2v) is 26.0. The molecule has 0 aromatic rings. The smallest absolute Gasteiger partial charge is 0.303 e. The standard InChI is InChI=1S/C64H101N9O24S/c1-36(2)28-46(72-64(96)48-12-8-26-73(48)4)49(76)18-19-53(80)68-47(35-98-5)50(77)29-37(3)60(92)67-33-41(74)10-9-27-97-34-42(75)30-38(13-20-54(81)82)61(93)69-43(16-23-57(87)88)51(78)31-39(14-21-55(83)84)62(94)70-44(17-24-58(89)90)52(79)32-40(15-22-56(85)86)63(95)71-45(59(66)91)11-6-7-25-65/h36-40,43-48H,6-35,65H2,1-5H3,(H2,66,91)(H,67,92)(H,68,80)(H,69,93)(H,70,94)(H,71,95)(H,72,96)(H,81,82)(H,83,84)(H,85,86)(H,87,88)(H,89,90)/t37-,38+,39+,40+,43-,44-,45-,46+,47+,48+/m1/s1. The normalized spacial score (nSPS) is 15.6. The van der Waals surface area contributed by atoms with Gasteiger partial charge < -0.3 is 73.6 Å². The quantitative estimate of drug-likeness (QED) is 0.0357. The molecule has 1 heterocycles. The number of nitrogens with two attached hydrogens (primary N) is 2. The van der Waals surface area contributed by atoms with E-state index in [9.17, 15) is 112 Å². The monoisotopic (exact) mass is 1410 g/mol. The maximum absolute atomic E-state index is 14.1. The van der Waals surface area contributed by atoms with E-state index >= 15 is 0 Å². The number of ketones is 6. The molecule has 552 valence electrons. The third-order valence-corrected chi connectivity index (χ3v) is 16.9. The van der Waals surface area contributed by atoms with E-state index in [2.05, 4.69) is 31.9 Å². The van der Waals surface area contributed by atoms with E-state index in [1.165, 1.54) is 18.7 Å². The molecule has 0 aromatic carbocycles. The van der Waals surface area contributed by atoms with E-state index in [1.807, 2.05) is 25.8 Å². The Balaban J connectivity index is 3.04. The number of hydrogen-bond donors (Lipinski definition) is 13. The zero-order valence-corrected chi connectivity index (χ0v) is 57.4. The van der Waals surface area contributed by atoms with Crippen LogP contribution in [0, 0.1) is 29.6 Å². The Morgan fingerprint density at radius 3 is 1.44 bits per heavy atom. The molecule has 34 heteroatoms. The summed E-state index contributed by atoms with van der Waals surface area (Å²) in [5.41, 5.74) is 11.0. The number of aliphatic carboxylic acids is 5. The van der Waals surface area contributed by atoms with Gasteiger partial charge in [0.15, 0.2) is 34.7 Å². The Morgan fingerprint density at radius 1 is 0.510 bits per heavy atom. The summed E-state index contributed by atoms with van der Waals surface area (Å²) in [5.74, 6) is -22.2. The van der Waals surface area contributed by atoms with Crippen molar-refractivity contribution in [2.75, 3.05) is 51.9 Å². The largest absolute Gasteiger partial charge is 0.481 e. The van der Waals surface area contributed by atoms with Crippen LogP contribution in [-0.4, -0.2) is 224 Å². The summed E-state index contributed by atoms with van der Waals surface area (Å²) >= 11 is 1.27. The third-order valence-electron chi connectivity index (χ3n) is 16.2. The van der Waals surface area contributed by atoms with Gasteiger partial charge in [-0.3, -0.25) is 91.2 Å². The number of unbranched alkanes of at least 4 members (excludes halogenated alkanes) is 1. The molecule has 0 radical (unpaired) electrons. The molecular weight excluding hydrogens is 1310 g/mol. The van der Waals surface area contributed by atoms with Gasteiger partial charge >= 0.3 is 29.8 Å². The van der Waals surface area contributed by atoms with Crippen molar-refractivity contribution in [2.45, 2.75) is 211 Å². The van der Waals surface area contributed by atoms with Crippen LogP contribution in [0.5, 0.6) is 0 Å². The summed E-state index contributed by atoms with van der Waals surface area (Å²) in [6.45, 7) is 5.02. The minimum atomic E-state index is -1.77. The number of hydrogen-bond acceptors (Lipinski definition) is 22. The van der Waals surface area contributed by atoms with Gasteiger partial charge in [0, 0.05) is 113 Å². The van der Waals surface area contributed by atoms with Crippen molar-refractivity contribution in [3.8, 4) is 0 Å². The first-order chi connectivity index (χ1) is 46.1. The number of carbonyl (C=O) groups excluding carboxylic acids is 13. The molecule has 1 saturated heterocycles. The summed E-state index contributed by atoms with van der Waals surface area (Å²) in [5, 5.41) is 62.5. The minimum absolute atomic E-state index is 0.0359. The Bertz CT molecular complexity index is 2780. The van der Waals surface area contributed by atoms with Crippen LogP contribution < -0.4 is 43.4 Å². The highest BCUT2D eigenvalue weighted by Gasteiger charge is 2.37. The summed E-state index contributed by atoms with van der Waals surface area (Å²) in [7, 11) is 1.84. The number of ether oxygens (including phenoxy) is 1. The van der Waals surface area contributed by atoms with Gasteiger partial charge in [-0.1, -0.05) is 20.8 Å². The molecule has 0 aliphatic carbocycles. The van der Waals surface area contributed by atoms with Gasteiger partial charge in [-0.05, 0) is 109 Å². The zero-order chi connectivity index (χ0) is 74.2. The van der Waals surface area contributed by atoms with Crippen molar-refractivity contribution in [1.82, 2.24) is 36.8 Å². The first-order valence-corrected chi connectivity index (χ1v) is 34.3. The average molecular weight is 1410 g/mol. The highest BCUT2D eigenvalue weighted by atomic mass is 32.2. The number of carboxylic acid groups (broad SMARTS) is 5. The highest BCUT2D eigenvalue weighted by molar-refractivity contribution is 7.98. The predicted octanol–water partition coefficient (Wildman–Crippen LogP) is 0.00490. The molecule has 1 fully saturated rings. The van der Waals surface area contributed by atoms with Crippen molar-refractivity contribution >= 4 is 118 Å². The Hall–Kier alpha value is -8.11. The Kier molecular flexibility index (Phi) is 42.8. The molecule has 1 rings (SSSR count). The number of rotatable bonds is 57. The number of primary amides is 1. The number of likely N-dealkylation sites (tertiary alicyclic amines) is 1. The fourth-order valence-corrected chi connectivity index (χ4v) is 11.2. The predicted molar refractivity (Wildman–Crippen MR) is 350 cm³/mol. The van der Waals surface area contributed by atoms with Crippen molar-refractivity contribution in [2.24, 2.45) is 41.1 Å². The second kappa shape index (κ2) is 47.8. The number of thioether (sulfide) groups is 1. The summed E-state index contributed by atoms with van der Waals surface area (Å²) in [6, 6.07) is -6.90. The van der Waals surface area contributed by atoms with E-state index in [-0.39, 0.29) is 81.1 Å². The molecule has 0 unspecified atom stereocenters. The fourth-order valence-electron chi connectivity index (χ4n) is 10.6. The number of nitrogens with one attached hydrogen (secondary N) is 6. The number of nitrogens with zero attached hydrogens (tertiary/aromatic N) is 1. The number of amides is 7. The van der Waals surface area contributed by atoms with Crippen LogP contribution in [0.25, 0.3) is 0 Å².